The van der Waals surface area contributed by atoms with Crippen LogP contribution in [0.4, 0.5) is 0 Å². The number of rotatable bonds is 4. The van der Waals surface area contributed by atoms with Crippen LogP contribution < -0.4 is 0 Å². The van der Waals surface area contributed by atoms with Gasteiger partial charge < -0.3 is 19.3 Å². The van der Waals surface area contributed by atoms with E-state index in [1.807, 2.05) is 9.80 Å². The lowest BCUT2D eigenvalue weighted by Crippen LogP contribution is -2.55. The Morgan fingerprint density at radius 2 is 2.30 bits per heavy atom. The maximum Gasteiger partial charge on any atom is 0.273 e. The summed E-state index contributed by atoms with van der Waals surface area (Å²) in [5.74, 6) is -0.0396. The smallest absolute Gasteiger partial charge is 0.273 e. The number of thiazole rings is 1. The first-order valence-corrected chi connectivity index (χ1v) is 8.72. The van der Waals surface area contributed by atoms with Crippen molar-refractivity contribution in [1.29, 1.82) is 0 Å². The van der Waals surface area contributed by atoms with Crippen LogP contribution in [-0.2, 0) is 14.3 Å². The second-order valence-corrected chi connectivity index (χ2v) is 6.46. The van der Waals surface area contributed by atoms with Crippen LogP contribution in [0.25, 0.3) is 0 Å². The number of nitrogens with zero attached hydrogens (tertiary/aromatic N) is 3. The Kier molecular flexibility index (Phi) is 5.24. The molecular formula is C15H21N3O4S. The molecule has 23 heavy (non-hydrogen) atoms. The molecule has 126 valence electrons. The summed E-state index contributed by atoms with van der Waals surface area (Å²) in [5.41, 5.74) is 2.16. The van der Waals surface area contributed by atoms with Crippen LogP contribution in [0.5, 0.6) is 0 Å². The molecule has 3 rings (SSSR count). The number of hydrogen-bond donors (Lipinski definition) is 0. The monoisotopic (exact) mass is 339 g/mol. The molecule has 3 heterocycles. The number of carbonyl (C=O) groups excluding carboxylic acids is 2. The van der Waals surface area contributed by atoms with Gasteiger partial charge in [0.05, 0.1) is 24.3 Å². The second-order valence-electron chi connectivity index (χ2n) is 5.74. The number of ether oxygens (including phenoxy) is 2. The van der Waals surface area contributed by atoms with E-state index in [0.29, 0.717) is 31.9 Å². The minimum atomic E-state index is -0.0420. The average Bonchev–Trinajstić information content (AvgIpc) is 3.01. The lowest BCUT2D eigenvalue weighted by Gasteiger charge is -2.40. The molecule has 2 aliphatic rings. The predicted molar refractivity (Wildman–Crippen MR) is 84.4 cm³/mol. The van der Waals surface area contributed by atoms with Crippen LogP contribution in [0.15, 0.2) is 10.9 Å². The van der Waals surface area contributed by atoms with Gasteiger partial charge >= 0.3 is 0 Å². The summed E-state index contributed by atoms with van der Waals surface area (Å²) in [4.78, 5) is 32.4. The Balaban J connectivity index is 1.68. The van der Waals surface area contributed by atoms with Gasteiger partial charge in [-0.25, -0.2) is 4.98 Å². The van der Waals surface area contributed by atoms with Gasteiger partial charge in [0, 0.05) is 32.1 Å². The molecule has 0 unspecified atom stereocenters. The third-order valence-electron chi connectivity index (χ3n) is 4.42. The minimum absolute atomic E-state index is 0.00239. The van der Waals surface area contributed by atoms with E-state index in [0.717, 1.165) is 12.8 Å². The molecule has 0 aromatic carbocycles. The molecule has 2 atom stereocenters. The SMILES string of the molecule is COCCN1C(=O)CO[C@H]2CCN(C(=O)c3cscn3)CC[C@@H]21. The molecule has 2 saturated heterocycles. The largest absolute Gasteiger partial charge is 0.383 e. The van der Waals surface area contributed by atoms with E-state index in [2.05, 4.69) is 4.98 Å². The molecule has 2 amide bonds. The Morgan fingerprint density at radius 3 is 3.04 bits per heavy atom. The Morgan fingerprint density at radius 1 is 1.48 bits per heavy atom. The fraction of sp³-hybridized carbons (Fsp3) is 0.667. The maximum absolute atomic E-state index is 12.5. The Bertz CT molecular complexity index is 551. The number of morpholine rings is 1. The topological polar surface area (TPSA) is 72.0 Å². The number of likely N-dealkylation sites (tertiary alicyclic amines) is 1. The molecule has 0 spiro atoms. The van der Waals surface area contributed by atoms with E-state index >= 15 is 0 Å². The summed E-state index contributed by atoms with van der Waals surface area (Å²) in [6, 6.07) is 0.0135. The zero-order valence-corrected chi connectivity index (χ0v) is 14.0. The standard InChI is InChI=1S/C15H21N3O4S/c1-21-7-6-18-12-2-4-17(15(20)11-9-23-10-16-11)5-3-13(12)22-8-14(18)19/h9-10,12-13H,2-8H2,1H3/t12-,13-/m0/s1. The molecule has 0 radical (unpaired) electrons. The highest BCUT2D eigenvalue weighted by Crippen LogP contribution is 2.25. The highest BCUT2D eigenvalue weighted by Gasteiger charge is 2.39. The number of amides is 2. The summed E-state index contributed by atoms with van der Waals surface area (Å²) in [7, 11) is 1.63. The van der Waals surface area contributed by atoms with Gasteiger partial charge in [-0.15, -0.1) is 11.3 Å². The second kappa shape index (κ2) is 7.37. The number of aromatic nitrogens is 1. The van der Waals surface area contributed by atoms with Gasteiger partial charge in [0.1, 0.15) is 12.3 Å². The third kappa shape index (κ3) is 3.54. The third-order valence-corrected chi connectivity index (χ3v) is 5.01. The van der Waals surface area contributed by atoms with Crippen molar-refractivity contribution in [2.24, 2.45) is 0 Å². The van der Waals surface area contributed by atoms with E-state index in [1.54, 1.807) is 18.0 Å². The number of fused-ring (bicyclic) bond motifs is 1. The van der Waals surface area contributed by atoms with Crippen molar-refractivity contribution in [3.8, 4) is 0 Å². The van der Waals surface area contributed by atoms with Gasteiger partial charge in [-0.3, -0.25) is 9.59 Å². The molecule has 0 aliphatic carbocycles. The van der Waals surface area contributed by atoms with Gasteiger partial charge in [-0.05, 0) is 12.8 Å². The molecule has 2 fully saturated rings. The van der Waals surface area contributed by atoms with Crippen molar-refractivity contribution in [3.05, 3.63) is 16.6 Å². The molecule has 0 bridgehead atoms. The summed E-state index contributed by atoms with van der Waals surface area (Å²) in [6.45, 7) is 2.43. The van der Waals surface area contributed by atoms with Crippen LogP contribution in [-0.4, -0.2) is 78.7 Å². The molecule has 8 heteroatoms. The summed E-state index contributed by atoms with van der Waals surface area (Å²) in [5, 5.41) is 1.77. The van der Waals surface area contributed by atoms with Crippen molar-refractivity contribution in [3.63, 3.8) is 0 Å². The fourth-order valence-electron chi connectivity index (χ4n) is 3.22. The van der Waals surface area contributed by atoms with Gasteiger partial charge in [-0.1, -0.05) is 0 Å². The lowest BCUT2D eigenvalue weighted by atomic mass is 10.0. The van der Waals surface area contributed by atoms with Gasteiger partial charge in [0.15, 0.2) is 0 Å². The van der Waals surface area contributed by atoms with Crippen LogP contribution in [0, 0.1) is 0 Å². The highest BCUT2D eigenvalue weighted by molar-refractivity contribution is 7.07. The van der Waals surface area contributed by atoms with Crippen molar-refractivity contribution < 1.29 is 19.1 Å². The van der Waals surface area contributed by atoms with E-state index in [-0.39, 0.29) is 30.6 Å². The predicted octanol–water partition coefficient (Wildman–Crippen LogP) is 0.622. The van der Waals surface area contributed by atoms with Crippen LogP contribution in [0.1, 0.15) is 23.3 Å². The summed E-state index contributed by atoms with van der Waals surface area (Å²) < 4.78 is 10.8. The first kappa shape index (κ1) is 16.4. The molecule has 1 aromatic rings. The van der Waals surface area contributed by atoms with Crippen molar-refractivity contribution in [1.82, 2.24) is 14.8 Å². The average molecular weight is 339 g/mol. The van der Waals surface area contributed by atoms with E-state index in [1.165, 1.54) is 11.3 Å². The van der Waals surface area contributed by atoms with Crippen LogP contribution >= 0.6 is 11.3 Å². The first-order valence-electron chi connectivity index (χ1n) is 7.78. The number of hydrogen-bond acceptors (Lipinski definition) is 6. The minimum Gasteiger partial charge on any atom is -0.383 e. The van der Waals surface area contributed by atoms with Crippen LogP contribution in [0.3, 0.4) is 0 Å². The maximum atomic E-state index is 12.5. The molecule has 7 nitrogen and oxygen atoms in total. The summed E-state index contributed by atoms with van der Waals surface area (Å²) >= 11 is 1.42. The fourth-order valence-corrected chi connectivity index (χ4v) is 3.75. The zero-order valence-electron chi connectivity index (χ0n) is 13.1. The van der Waals surface area contributed by atoms with E-state index in [9.17, 15) is 9.59 Å². The highest BCUT2D eigenvalue weighted by atomic mass is 32.1. The van der Waals surface area contributed by atoms with Gasteiger partial charge in [-0.2, -0.15) is 0 Å². The zero-order chi connectivity index (χ0) is 16.2. The summed E-state index contributed by atoms with van der Waals surface area (Å²) in [6.07, 6.45) is 1.44. The quantitative estimate of drug-likeness (QED) is 0.804. The first-order chi connectivity index (χ1) is 11.2. The number of carbonyl (C=O) groups is 2. The van der Waals surface area contributed by atoms with E-state index < -0.39 is 0 Å². The molecular weight excluding hydrogens is 318 g/mol. The Hall–Kier alpha value is -1.51. The van der Waals surface area contributed by atoms with E-state index in [4.69, 9.17) is 9.47 Å². The lowest BCUT2D eigenvalue weighted by molar-refractivity contribution is -0.158. The molecule has 0 N–H and O–H groups in total. The number of methoxy groups -OCH3 is 1. The molecule has 1 aromatic heterocycles. The Labute approximate surface area is 139 Å². The van der Waals surface area contributed by atoms with Crippen molar-refractivity contribution in [2.75, 3.05) is 40.0 Å². The van der Waals surface area contributed by atoms with Gasteiger partial charge in [0.25, 0.3) is 5.91 Å². The van der Waals surface area contributed by atoms with Crippen molar-refractivity contribution in [2.45, 2.75) is 25.0 Å². The van der Waals surface area contributed by atoms with Crippen molar-refractivity contribution >= 4 is 23.2 Å². The normalized spacial score (nSPS) is 25.2. The van der Waals surface area contributed by atoms with Crippen LogP contribution in [0.2, 0.25) is 0 Å². The molecule has 0 saturated carbocycles. The van der Waals surface area contributed by atoms with Gasteiger partial charge in [0.2, 0.25) is 5.91 Å². The molecule has 2 aliphatic heterocycles.